The van der Waals surface area contributed by atoms with E-state index in [2.05, 4.69) is 34.1 Å². The number of β-amino-alcohol motifs (C(OH)–C–C–N with tert-alkyl or cyclic N) is 1. The average molecular weight is 434 g/mol. The van der Waals surface area contributed by atoms with Gasteiger partial charge in [0, 0.05) is 43.4 Å². The lowest BCUT2D eigenvalue weighted by Gasteiger charge is -2.36. The van der Waals surface area contributed by atoms with Crippen LogP contribution < -0.4 is 9.64 Å². The van der Waals surface area contributed by atoms with Crippen molar-refractivity contribution in [1.29, 1.82) is 0 Å². The molecule has 1 N–H and O–H groups in total. The van der Waals surface area contributed by atoms with Gasteiger partial charge in [0.25, 0.3) is 0 Å². The van der Waals surface area contributed by atoms with E-state index in [1.165, 1.54) is 5.69 Å². The van der Waals surface area contributed by atoms with Crippen LogP contribution in [0.3, 0.4) is 0 Å². The predicted octanol–water partition coefficient (Wildman–Crippen LogP) is 4.05. The van der Waals surface area contributed by atoms with Crippen molar-refractivity contribution in [1.82, 2.24) is 4.90 Å². The summed E-state index contributed by atoms with van der Waals surface area (Å²) in [5, 5.41) is 11.0. The highest BCUT2D eigenvalue weighted by atomic mass is 35.5. The molecule has 0 saturated carbocycles. The van der Waals surface area contributed by atoms with Crippen LogP contribution in [0.1, 0.15) is 5.56 Å². The van der Waals surface area contributed by atoms with E-state index in [9.17, 15) is 5.11 Å². The molecular weight excluding hydrogens is 407 g/mol. The summed E-state index contributed by atoms with van der Waals surface area (Å²) in [6, 6.07) is 16.0. The van der Waals surface area contributed by atoms with Gasteiger partial charge in [-0.3, -0.25) is 4.90 Å². The first-order valence-corrected chi connectivity index (χ1v) is 9.09. The fourth-order valence-electron chi connectivity index (χ4n) is 3.14. The molecule has 3 rings (SSSR count). The minimum atomic E-state index is -0.502. The van der Waals surface area contributed by atoms with Crippen molar-refractivity contribution in [3.8, 4) is 5.75 Å². The predicted molar refractivity (Wildman–Crippen MR) is 117 cm³/mol. The Labute approximate surface area is 178 Å². The molecule has 7 heteroatoms. The Hall–Kier alpha value is -1.17. The molecule has 0 aliphatic carbocycles. The Kier molecular flexibility index (Phi) is 10.3. The van der Waals surface area contributed by atoms with Crippen LogP contribution in [0.15, 0.2) is 48.5 Å². The van der Waals surface area contributed by atoms with Crippen LogP contribution >= 0.6 is 36.4 Å². The summed E-state index contributed by atoms with van der Waals surface area (Å²) >= 11 is 5.95. The van der Waals surface area contributed by atoms with E-state index in [0.717, 1.165) is 37.5 Å². The molecule has 2 aromatic carbocycles. The number of piperazine rings is 1. The lowest BCUT2D eigenvalue weighted by molar-refractivity contribution is 0.0661. The summed E-state index contributed by atoms with van der Waals surface area (Å²) in [5.41, 5.74) is 2.25. The molecule has 1 atom stereocenters. The molecule has 0 spiro atoms. The molecule has 4 nitrogen and oxygen atoms in total. The largest absolute Gasteiger partial charge is 0.491 e. The third-order valence-electron chi connectivity index (χ3n) is 4.53. The quantitative estimate of drug-likeness (QED) is 0.745. The average Bonchev–Trinajstić information content (AvgIpc) is 2.62. The van der Waals surface area contributed by atoms with E-state index in [1.807, 2.05) is 25.1 Å². The maximum atomic E-state index is 10.3. The molecule has 1 aliphatic heterocycles. The smallest absolute Gasteiger partial charge is 0.122 e. The molecule has 1 fully saturated rings. The van der Waals surface area contributed by atoms with Crippen LogP contribution in [0.25, 0.3) is 0 Å². The topological polar surface area (TPSA) is 35.9 Å². The maximum absolute atomic E-state index is 10.3. The van der Waals surface area contributed by atoms with Crippen molar-refractivity contribution in [2.24, 2.45) is 0 Å². The van der Waals surface area contributed by atoms with Gasteiger partial charge >= 0.3 is 0 Å². The fourth-order valence-corrected chi connectivity index (χ4v) is 3.37. The number of aryl methyl sites for hydroxylation is 1. The summed E-state index contributed by atoms with van der Waals surface area (Å²) in [4.78, 5) is 4.68. The normalized spacial score (nSPS) is 15.4. The molecule has 0 aromatic heterocycles. The Morgan fingerprint density at radius 2 is 1.70 bits per heavy atom. The van der Waals surface area contributed by atoms with Gasteiger partial charge in [-0.2, -0.15) is 0 Å². The molecule has 0 amide bonds. The first kappa shape index (κ1) is 23.9. The number of hydrogen-bond donors (Lipinski definition) is 1. The molecule has 0 radical (unpaired) electrons. The van der Waals surface area contributed by atoms with E-state index in [4.69, 9.17) is 16.3 Å². The Morgan fingerprint density at radius 1 is 1.04 bits per heavy atom. The van der Waals surface area contributed by atoms with Crippen LogP contribution in [0.4, 0.5) is 5.69 Å². The number of benzene rings is 2. The van der Waals surface area contributed by atoms with Crippen LogP contribution in [0, 0.1) is 6.92 Å². The summed E-state index contributed by atoms with van der Waals surface area (Å²) in [6.07, 6.45) is -0.502. The molecule has 150 valence electrons. The van der Waals surface area contributed by atoms with E-state index in [1.54, 1.807) is 6.07 Å². The highest BCUT2D eigenvalue weighted by Crippen LogP contribution is 2.22. The minimum Gasteiger partial charge on any atom is -0.491 e. The standard InChI is InChI=1S/C20H25ClN2O2.2ClH/c1-16-13-17(21)7-8-20(16)25-15-19(24)14-22-9-11-23(12-10-22)18-5-3-2-4-6-18;;/h2-8,13,19,24H,9-12,14-15H2,1H3;2*1H. The molecule has 1 saturated heterocycles. The zero-order valence-electron chi connectivity index (χ0n) is 15.4. The third kappa shape index (κ3) is 7.05. The summed E-state index contributed by atoms with van der Waals surface area (Å²) in [7, 11) is 0. The van der Waals surface area contributed by atoms with Gasteiger partial charge in [0.1, 0.15) is 18.5 Å². The van der Waals surface area contributed by atoms with Crippen molar-refractivity contribution in [2.45, 2.75) is 13.0 Å². The number of rotatable bonds is 6. The second-order valence-electron chi connectivity index (χ2n) is 6.50. The molecule has 27 heavy (non-hydrogen) atoms. The second-order valence-corrected chi connectivity index (χ2v) is 6.93. The summed E-state index contributed by atoms with van der Waals surface area (Å²) < 4.78 is 5.74. The number of ether oxygens (including phenoxy) is 1. The first-order valence-electron chi connectivity index (χ1n) is 8.71. The Morgan fingerprint density at radius 3 is 2.33 bits per heavy atom. The number of anilines is 1. The number of para-hydroxylation sites is 1. The highest BCUT2D eigenvalue weighted by molar-refractivity contribution is 6.30. The van der Waals surface area contributed by atoms with Crippen LogP contribution in [-0.4, -0.2) is 55.4 Å². The highest BCUT2D eigenvalue weighted by Gasteiger charge is 2.19. The van der Waals surface area contributed by atoms with Crippen molar-refractivity contribution < 1.29 is 9.84 Å². The van der Waals surface area contributed by atoms with Crippen LogP contribution in [0.5, 0.6) is 5.75 Å². The number of hydrogen-bond acceptors (Lipinski definition) is 4. The number of aliphatic hydroxyl groups is 1. The zero-order valence-corrected chi connectivity index (χ0v) is 17.8. The van der Waals surface area contributed by atoms with Crippen LogP contribution in [0.2, 0.25) is 5.02 Å². The van der Waals surface area contributed by atoms with Gasteiger partial charge in [0.05, 0.1) is 0 Å². The van der Waals surface area contributed by atoms with Crippen molar-refractivity contribution in [3.63, 3.8) is 0 Å². The molecule has 0 bridgehead atoms. The second kappa shape index (κ2) is 11.6. The van der Waals surface area contributed by atoms with Crippen molar-refractivity contribution >= 4 is 42.1 Å². The fraction of sp³-hybridized carbons (Fsp3) is 0.400. The van der Waals surface area contributed by atoms with Crippen LogP contribution in [-0.2, 0) is 0 Å². The first-order chi connectivity index (χ1) is 12.1. The molecular formula is C20H27Cl3N2O2. The minimum absolute atomic E-state index is 0. The molecule has 1 unspecified atom stereocenters. The van der Waals surface area contributed by atoms with E-state index in [-0.39, 0.29) is 24.8 Å². The monoisotopic (exact) mass is 432 g/mol. The summed E-state index contributed by atoms with van der Waals surface area (Å²) in [5.74, 6) is 0.775. The van der Waals surface area contributed by atoms with Gasteiger partial charge < -0.3 is 14.7 Å². The Bertz CT molecular complexity index is 680. The lowest BCUT2D eigenvalue weighted by atomic mass is 10.2. The summed E-state index contributed by atoms with van der Waals surface area (Å²) in [6.45, 7) is 6.74. The SMILES string of the molecule is Cc1cc(Cl)ccc1OCC(O)CN1CCN(c2ccccc2)CC1.Cl.Cl. The van der Waals surface area contributed by atoms with Gasteiger partial charge in [0.2, 0.25) is 0 Å². The van der Waals surface area contributed by atoms with Gasteiger partial charge in [0.15, 0.2) is 0 Å². The number of halogens is 3. The van der Waals surface area contributed by atoms with Crippen molar-refractivity contribution in [3.05, 3.63) is 59.1 Å². The number of nitrogens with zero attached hydrogens (tertiary/aromatic N) is 2. The molecule has 2 aromatic rings. The van der Waals surface area contributed by atoms with E-state index < -0.39 is 6.10 Å². The third-order valence-corrected chi connectivity index (χ3v) is 4.77. The van der Waals surface area contributed by atoms with Gasteiger partial charge in [-0.1, -0.05) is 29.8 Å². The molecule has 1 aliphatic rings. The molecule has 1 heterocycles. The van der Waals surface area contributed by atoms with Crippen molar-refractivity contribution in [2.75, 3.05) is 44.2 Å². The van der Waals surface area contributed by atoms with E-state index >= 15 is 0 Å². The number of aliphatic hydroxyl groups excluding tert-OH is 1. The zero-order chi connectivity index (χ0) is 17.6. The van der Waals surface area contributed by atoms with Gasteiger partial charge in [-0.15, -0.1) is 24.8 Å². The van der Waals surface area contributed by atoms with E-state index in [0.29, 0.717) is 18.2 Å². The van der Waals surface area contributed by atoms with Gasteiger partial charge in [-0.05, 0) is 42.8 Å². The Balaban J connectivity index is 0.00000182. The maximum Gasteiger partial charge on any atom is 0.122 e. The van der Waals surface area contributed by atoms with Gasteiger partial charge in [-0.25, -0.2) is 0 Å². The lowest BCUT2D eigenvalue weighted by Crippen LogP contribution is -2.49.